The smallest absolute Gasteiger partial charge is 0.236 e. The number of likely N-dealkylation sites (N-methyl/N-ethyl adjacent to an activating group) is 1. The van der Waals surface area contributed by atoms with E-state index in [1.54, 1.807) is 22.7 Å². The monoisotopic (exact) mass is 498 g/mol. The molecule has 0 N–H and O–H groups in total. The minimum atomic E-state index is 0.117. The number of halogens is 1. The van der Waals surface area contributed by atoms with Gasteiger partial charge in [0.25, 0.3) is 0 Å². The van der Waals surface area contributed by atoms with Gasteiger partial charge in [-0.2, -0.15) is 0 Å². The molecule has 29 heavy (non-hydrogen) atoms. The second kappa shape index (κ2) is 10.7. The number of nitrogens with zero attached hydrogens (tertiary/aromatic N) is 4. The number of hydrogen-bond acceptors (Lipinski definition) is 6. The van der Waals surface area contributed by atoms with Crippen molar-refractivity contribution in [2.75, 3.05) is 45.8 Å². The predicted molar refractivity (Wildman–Crippen MR) is 122 cm³/mol. The first kappa shape index (κ1) is 22.4. The molecule has 2 aromatic heterocycles. The van der Waals surface area contributed by atoms with E-state index < -0.39 is 0 Å². The summed E-state index contributed by atoms with van der Waals surface area (Å²) < 4.78 is 1.05. The molecule has 1 saturated heterocycles. The number of carbonyl (C=O) groups is 2. The maximum Gasteiger partial charge on any atom is 0.236 e. The van der Waals surface area contributed by atoms with E-state index >= 15 is 0 Å². The van der Waals surface area contributed by atoms with Crippen molar-refractivity contribution in [3.05, 3.63) is 27.0 Å². The summed E-state index contributed by atoms with van der Waals surface area (Å²) >= 11 is 6.70. The molecule has 158 valence electrons. The summed E-state index contributed by atoms with van der Waals surface area (Å²) in [4.78, 5) is 36.9. The summed E-state index contributed by atoms with van der Waals surface area (Å²) in [6.07, 6.45) is 1.23. The summed E-state index contributed by atoms with van der Waals surface area (Å²) in [5, 5.41) is 4.98. The molecule has 0 unspecified atom stereocenters. The highest BCUT2D eigenvalue weighted by Crippen LogP contribution is 2.32. The molecule has 0 saturated carbocycles. The van der Waals surface area contributed by atoms with Crippen LogP contribution in [0.4, 0.5) is 0 Å². The highest BCUT2D eigenvalue weighted by atomic mass is 79.9. The molecule has 0 atom stereocenters. The molecule has 0 spiro atoms. The number of rotatable bonds is 7. The maximum atomic E-state index is 12.8. The fraction of sp³-hybridized carbons (Fsp3) is 0.550. The number of hydrogen-bond donors (Lipinski definition) is 0. The fourth-order valence-electron chi connectivity index (χ4n) is 3.44. The van der Waals surface area contributed by atoms with Gasteiger partial charge in [0.05, 0.1) is 23.5 Å². The third kappa shape index (κ3) is 6.10. The average molecular weight is 500 g/mol. The lowest BCUT2D eigenvalue weighted by molar-refractivity contribution is -0.132. The molecular weight excluding hydrogens is 472 g/mol. The van der Waals surface area contributed by atoms with Gasteiger partial charge < -0.3 is 9.80 Å². The van der Waals surface area contributed by atoms with Crippen LogP contribution in [-0.2, 0) is 16.0 Å². The minimum Gasteiger partial charge on any atom is -0.342 e. The van der Waals surface area contributed by atoms with Gasteiger partial charge in [0, 0.05) is 54.5 Å². The molecule has 0 bridgehead atoms. The minimum absolute atomic E-state index is 0.117. The number of thiazole rings is 1. The Hall–Kier alpha value is -1.29. The van der Waals surface area contributed by atoms with Crippen molar-refractivity contribution in [2.24, 2.45) is 0 Å². The second-order valence-electron chi connectivity index (χ2n) is 7.03. The van der Waals surface area contributed by atoms with Gasteiger partial charge in [-0.05, 0) is 42.3 Å². The summed E-state index contributed by atoms with van der Waals surface area (Å²) in [5.41, 5.74) is 0.831. The van der Waals surface area contributed by atoms with E-state index in [1.165, 1.54) is 0 Å². The van der Waals surface area contributed by atoms with E-state index in [2.05, 4.69) is 31.9 Å². The topological polar surface area (TPSA) is 56.8 Å². The van der Waals surface area contributed by atoms with E-state index in [0.29, 0.717) is 19.5 Å². The van der Waals surface area contributed by atoms with Gasteiger partial charge in [0.2, 0.25) is 11.8 Å². The Morgan fingerprint density at radius 1 is 1.14 bits per heavy atom. The molecule has 1 aliphatic rings. The zero-order valence-corrected chi connectivity index (χ0v) is 20.1. The maximum absolute atomic E-state index is 12.8. The number of carbonyl (C=O) groups excluding carboxylic acids is 2. The first-order valence-electron chi connectivity index (χ1n) is 9.96. The highest BCUT2D eigenvalue weighted by Gasteiger charge is 2.22. The van der Waals surface area contributed by atoms with E-state index in [4.69, 9.17) is 0 Å². The molecule has 0 radical (unpaired) electrons. The molecule has 3 heterocycles. The molecule has 9 heteroatoms. The third-order valence-corrected chi connectivity index (χ3v) is 7.83. The Morgan fingerprint density at radius 2 is 1.93 bits per heavy atom. The van der Waals surface area contributed by atoms with Crippen LogP contribution in [0, 0.1) is 0 Å². The van der Waals surface area contributed by atoms with Crippen molar-refractivity contribution >= 4 is 50.4 Å². The van der Waals surface area contributed by atoms with Crippen LogP contribution in [0.1, 0.15) is 26.0 Å². The Balaban J connectivity index is 1.52. The van der Waals surface area contributed by atoms with E-state index in [0.717, 1.165) is 59.2 Å². The van der Waals surface area contributed by atoms with Crippen LogP contribution in [0.2, 0.25) is 0 Å². The van der Waals surface area contributed by atoms with Gasteiger partial charge in [0.15, 0.2) is 0 Å². The van der Waals surface area contributed by atoms with Crippen LogP contribution in [0.5, 0.6) is 0 Å². The van der Waals surface area contributed by atoms with Crippen LogP contribution in [0.15, 0.2) is 21.3 Å². The van der Waals surface area contributed by atoms with E-state index in [-0.39, 0.29) is 11.8 Å². The van der Waals surface area contributed by atoms with Crippen molar-refractivity contribution in [1.82, 2.24) is 19.7 Å². The Labute approximate surface area is 188 Å². The molecule has 1 fully saturated rings. The van der Waals surface area contributed by atoms with Crippen LogP contribution in [0.3, 0.4) is 0 Å². The molecule has 0 aromatic carbocycles. The lowest BCUT2D eigenvalue weighted by atomic mass is 10.3. The molecule has 0 aliphatic carbocycles. The number of amides is 2. The van der Waals surface area contributed by atoms with E-state index in [9.17, 15) is 9.59 Å². The van der Waals surface area contributed by atoms with Gasteiger partial charge >= 0.3 is 0 Å². The van der Waals surface area contributed by atoms with Gasteiger partial charge in [0.1, 0.15) is 5.01 Å². The standard InChI is InChI=1S/C20H27BrN4O2S2/c1-3-24(4-2)19(27)12-23-6-5-7-25(9-8-23)18(26)11-16-14-29-20(22-16)17-10-15(21)13-28-17/h10,13-14H,3-9,11-12H2,1-2H3. The van der Waals surface area contributed by atoms with Gasteiger partial charge in [-0.15, -0.1) is 22.7 Å². The first-order valence-corrected chi connectivity index (χ1v) is 12.5. The Morgan fingerprint density at radius 3 is 2.62 bits per heavy atom. The fourth-order valence-corrected chi connectivity index (χ4v) is 5.77. The predicted octanol–water partition coefficient (Wildman–Crippen LogP) is 3.58. The quantitative estimate of drug-likeness (QED) is 0.585. The lowest BCUT2D eigenvalue weighted by Gasteiger charge is -2.25. The average Bonchev–Trinajstić information content (AvgIpc) is 3.27. The summed E-state index contributed by atoms with van der Waals surface area (Å²) in [7, 11) is 0. The molecule has 6 nitrogen and oxygen atoms in total. The largest absolute Gasteiger partial charge is 0.342 e. The van der Waals surface area contributed by atoms with Crippen LogP contribution < -0.4 is 0 Å². The Bertz CT molecular complexity index is 834. The molecular formula is C20H27BrN4O2S2. The van der Waals surface area contributed by atoms with Gasteiger partial charge in [-0.25, -0.2) is 4.98 Å². The lowest BCUT2D eigenvalue weighted by Crippen LogP contribution is -2.42. The van der Waals surface area contributed by atoms with Crippen molar-refractivity contribution < 1.29 is 9.59 Å². The van der Waals surface area contributed by atoms with E-state index in [1.807, 2.05) is 34.4 Å². The van der Waals surface area contributed by atoms with Crippen molar-refractivity contribution in [3.8, 4) is 9.88 Å². The first-order chi connectivity index (χ1) is 14.0. The SMILES string of the molecule is CCN(CC)C(=O)CN1CCCN(C(=O)Cc2csc(-c3cc(Br)cs3)n2)CC1. The molecule has 2 aromatic rings. The normalized spacial score (nSPS) is 15.3. The molecule has 2 amide bonds. The second-order valence-corrected chi connectivity index (χ2v) is 9.71. The number of aromatic nitrogens is 1. The van der Waals surface area contributed by atoms with Crippen LogP contribution >= 0.6 is 38.6 Å². The zero-order valence-electron chi connectivity index (χ0n) is 16.9. The zero-order chi connectivity index (χ0) is 20.8. The van der Waals surface area contributed by atoms with Gasteiger partial charge in [-0.1, -0.05) is 0 Å². The molecule has 3 rings (SSSR count). The van der Waals surface area contributed by atoms with Crippen molar-refractivity contribution in [1.29, 1.82) is 0 Å². The Kier molecular flexibility index (Phi) is 8.23. The van der Waals surface area contributed by atoms with Crippen molar-refractivity contribution in [3.63, 3.8) is 0 Å². The van der Waals surface area contributed by atoms with Gasteiger partial charge in [-0.3, -0.25) is 14.5 Å². The number of thiophene rings is 1. The summed E-state index contributed by atoms with van der Waals surface area (Å²) in [6.45, 7) is 8.93. The summed E-state index contributed by atoms with van der Waals surface area (Å²) in [6, 6.07) is 2.05. The van der Waals surface area contributed by atoms with Crippen LogP contribution in [0.25, 0.3) is 9.88 Å². The summed E-state index contributed by atoms with van der Waals surface area (Å²) in [5.74, 6) is 0.288. The van der Waals surface area contributed by atoms with Crippen LogP contribution in [-0.4, -0.2) is 77.3 Å². The molecule has 1 aliphatic heterocycles. The highest BCUT2D eigenvalue weighted by molar-refractivity contribution is 9.10. The third-order valence-electron chi connectivity index (χ3n) is 5.08. The van der Waals surface area contributed by atoms with Crippen molar-refractivity contribution in [2.45, 2.75) is 26.7 Å².